The fourth-order valence-corrected chi connectivity index (χ4v) is 4.51. The fraction of sp³-hybridized carbons (Fsp3) is 0.400. The summed E-state index contributed by atoms with van der Waals surface area (Å²) in [5.74, 6) is 0.808. The Balaban J connectivity index is 1.52. The minimum atomic E-state index is -0.135. The normalized spacial score (nSPS) is 16.5. The largest absolute Gasteiger partial charge is 0.478 e. The lowest BCUT2D eigenvalue weighted by Gasteiger charge is -2.23. The molecule has 8 nitrogen and oxygen atoms in total. The SMILES string of the molecule is CNCCCOc1ccc(-c2ccc3nc([C@@H]4CCCOC4)c4c([nH]c(=O)n4C)c3c2)cn1. The van der Waals surface area contributed by atoms with Crippen molar-refractivity contribution in [2.45, 2.75) is 25.2 Å². The van der Waals surface area contributed by atoms with E-state index in [0.29, 0.717) is 19.1 Å². The van der Waals surface area contributed by atoms with E-state index in [-0.39, 0.29) is 11.6 Å². The van der Waals surface area contributed by atoms with Crippen LogP contribution in [-0.4, -0.2) is 52.9 Å². The maximum absolute atomic E-state index is 12.6. The van der Waals surface area contributed by atoms with Crippen LogP contribution in [0.4, 0.5) is 0 Å². The summed E-state index contributed by atoms with van der Waals surface area (Å²) in [5.41, 5.74) is 5.35. The molecule has 1 aliphatic rings. The Morgan fingerprint density at radius 2 is 2.15 bits per heavy atom. The Morgan fingerprint density at radius 3 is 2.91 bits per heavy atom. The van der Waals surface area contributed by atoms with Gasteiger partial charge in [-0.1, -0.05) is 6.07 Å². The number of hydrogen-bond acceptors (Lipinski definition) is 6. The Bertz CT molecular complexity index is 1320. The van der Waals surface area contributed by atoms with E-state index in [9.17, 15) is 4.79 Å². The number of nitrogens with zero attached hydrogens (tertiary/aromatic N) is 3. The number of rotatable bonds is 7. The van der Waals surface area contributed by atoms with Gasteiger partial charge in [-0.15, -0.1) is 0 Å². The van der Waals surface area contributed by atoms with Crippen molar-refractivity contribution in [3.63, 3.8) is 0 Å². The summed E-state index contributed by atoms with van der Waals surface area (Å²) in [6, 6.07) is 10.0. The molecule has 172 valence electrons. The lowest BCUT2D eigenvalue weighted by Crippen LogP contribution is -2.19. The van der Waals surface area contributed by atoms with Gasteiger partial charge in [0, 0.05) is 42.8 Å². The molecule has 33 heavy (non-hydrogen) atoms. The van der Waals surface area contributed by atoms with E-state index in [1.54, 1.807) is 11.6 Å². The molecule has 1 saturated heterocycles. The molecule has 4 heterocycles. The van der Waals surface area contributed by atoms with Crippen LogP contribution in [-0.2, 0) is 11.8 Å². The maximum atomic E-state index is 12.6. The van der Waals surface area contributed by atoms with Crippen LogP contribution in [0.15, 0.2) is 41.3 Å². The fourth-order valence-electron chi connectivity index (χ4n) is 4.51. The number of H-pyrrole nitrogens is 1. The topological polar surface area (TPSA) is 94.1 Å². The molecule has 5 rings (SSSR count). The first-order valence-corrected chi connectivity index (χ1v) is 11.5. The molecule has 1 aliphatic heterocycles. The first kappa shape index (κ1) is 21.6. The second-order valence-electron chi connectivity index (χ2n) is 8.55. The van der Waals surface area contributed by atoms with Crippen LogP contribution in [0.2, 0.25) is 0 Å². The third-order valence-electron chi connectivity index (χ3n) is 6.30. The van der Waals surface area contributed by atoms with Gasteiger partial charge in [-0.2, -0.15) is 0 Å². The number of imidazole rings is 1. The molecule has 1 fully saturated rings. The van der Waals surface area contributed by atoms with Crippen molar-refractivity contribution in [3.05, 3.63) is 52.7 Å². The molecule has 3 aromatic heterocycles. The molecule has 0 amide bonds. The number of aromatic nitrogens is 4. The summed E-state index contributed by atoms with van der Waals surface area (Å²) >= 11 is 0. The molecule has 1 aromatic carbocycles. The van der Waals surface area contributed by atoms with Gasteiger partial charge >= 0.3 is 5.69 Å². The Hall–Kier alpha value is -3.23. The molecule has 8 heteroatoms. The second-order valence-corrected chi connectivity index (χ2v) is 8.55. The highest BCUT2D eigenvalue weighted by Gasteiger charge is 2.24. The molecule has 2 N–H and O–H groups in total. The number of benzene rings is 1. The van der Waals surface area contributed by atoms with Crippen LogP contribution in [0.1, 0.15) is 30.9 Å². The van der Waals surface area contributed by atoms with Crippen molar-refractivity contribution < 1.29 is 9.47 Å². The van der Waals surface area contributed by atoms with Crippen molar-refractivity contribution in [2.75, 3.05) is 33.4 Å². The summed E-state index contributed by atoms with van der Waals surface area (Å²) < 4.78 is 13.1. The lowest BCUT2D eigenvalue weighted by atomic mass is 9.95. The van der Waals surface area contributed by atoms with E-state index < -0.39 is 0 Å². The van der Waals surface area contributed by atoms with Crippen molar-refractivity contribution >= 4 is 21.9 Å². The number of hydrogen-bond donors (Lipinski definition) is 2. The van der Waals surface area contributed by atoms with E-state index >= 15 is 0 Å². The third kappa shape index (κ3) is 4.24. The predicted molar refractivity (Wildman–Crippen MR) is 129 cm³/mol. The van der Waals surface area contributed by atoms with E-state index in [2.05, 4.69) is 21.4 Å². The number of fused-ring (bicyclic) bond motifs is 3. The van der Waals surface area contributed by atoms with E-state index in [4.69, 9.17) is 14.5 Å². The highest BCUT2D eigenvalue weighted by atomic mass is 16.5. The number of aromatic amines is 1. The third-order valence-corrected chi connectivity index (χ3v) is 6.30. The number of ether oxygens (including phenoxy) is 2. The van der Waals surface area contributed by atoms with E-state index in [1.807, 2.05) is 37.5 Å². The summed E-state index contributed by atoms with van der Waals surface area (Å²) in [4.78, 5) is 25.1. The average Bonchev–Trinajstić information content (AvgIpc) is 3.16. The molecule has 4 aromatic rings. The summed E-state index contributed by atoms with van der Waals surface area (Å²) in [5, 5.41) is 4.03. The monoisotopic (exact) mass is 447 g/mol. The van der Waals surface area contributed by atoms with Gasteiger partial charge < -0.3 is 19.8 Å². The van der Waals surface area contributed by atoms with Gasteiger partial charge in [0.05, 0.1) is 35.5 Å². The van der Waals surface area contributed by atoms with Crippen LogP contribution in [0, 0.1) is 0 Å². The highest BCUT2D eigenvalue weighted by molar-refractivity contribution is 6.04. The maximum Gasteiger partial charge on any atom is 0.326 e. The van der Waals surface area contributed by atoms with Crippen molar-refractivity contribution in [2.24, 2.45) is 7.05 Å². The van der Waals surface area contributed by atoms with Gasteiger partial charge in [-0.25, -0.2) is 9.78 Å². The van der Waals surface area contributed by atoms with Gasteiger partial charge in [-0.3, -0.25) is 9.55 Å². The molecule has 0 bridgehead atoms. The van der Waals surface area contributed by atoms with Gasteiger partial charge in [0.2, 0.25) is 5.88 Å². The van der Waals surface area contributed by atoms with Gasteiger partial charge in [0.25, 0.3) is 0 Å². The van der Waals surface area contributed by atoms with Crippen LogP contribution in [0.25, 0.3) is 33.1 Å². The lowest BCUT2D eigenvalue weighted by molar-refractivity contribution is 0.0797. The van der Waals surface area contributed by atoms with Crippen molar-refractivity contribution in [1.29, 1.82) is 0 Å². The standard InChI is InChI=1S/C25H29N5O3/c1-26-10-4-12-33-21-9-7-17(14-27-21)16-6-8-20-19(13-16)23-24(30(2)25(31)29-23)22(28-20)18-5-3-11-32-15-18/h6-9,13-14,18,26H,3-5,10-12,15H2,1-2H3,(H,29,31)/t18-/m1/s1. The smallest absolute Gasteiger partial charge is 0.326 e. The molecule has 0 saturated carbocycles. The molecular formula is C25H29N5O3. The number of aryl methyl sites for hydroxylation is 1. The van der Waals surface area contributed by atoms with E-state index in [1.165, 1.54) is 0 Å². The van der Waals surface area contributed by atoms with Crippen molar-refractivity contribution in [1.82, 2.24) is 24.8 Å². The van der Waals surface area contributed by atoms with Crippen LogP contribution >= 0.6 is 0 Å². The van der Waals surface area contributed by atoms with Gasteiger partial charge in [0.15, 0.2) is 0 Å². The zero-order valence-corrected chi connectivity index (χ0v) is 19.1. The summed E-state index contributed by atoms with van der Waals surface area (Å²) in [6.07, 6.45) is 4.77. The Labute approximate surface area is 192 Å². The molecule has 0 spiro atoms. The average molecular weight is 448 g/mol. The quantitative estimate of drug-likeness (QED) is 0.422. The minimum absolute atomic E-state index is 0.135. The van der Waals surface area contributed by atoms with Crippen LogP contribution in [0.3, 0.4) is 0 Å². The van der Waals surface area contributed by atoms with Crippen molar-refractivity contribution in [3.8, 4) is 17.0 Å². The van der Waals surface area contributed by atoms with Crippen LogP contribution < -0.4 is 15.7 Å². The minimum Gasteiger partial charge on any atom is -0.478 e. The Kier molecular flexibility index (Phi) is 6.11. The summed E-state index contributed by atoms with van der Waals surface area (Å²) in [6.45, 7) is 2.97. The second kappa shape index (κ2) is 9.33. The summed E-state index contributed by atoms with van der Waals surface area (Å²) in [7, 11) is 3.72. The van der Waals surface area contributed by atoms with E-state index in [0.717, 1.165) is 71.2 Å². The zero-order chi connectivity index (χ0) is 22.8. The molecule has 0 radical (unpaired) electrons. The number of nitrogens with one attached hydrogen (secondary N) is 2. The highest BCUT2D eigenvalue weighted by Crippen LogP contribution is 2.34. The van der Waals surface area contributed by atoms with Crippen LogP contribution in [0.5, 0.6) is 5.88 Å². The zero-order valence-electron chi connectivity index (χ0n) is 19.1. The predicted octanol–water partition coefficient (Wildman–Crippen LogP) is 3.36. The van der Waals surface area contributed by atoms with Gasteiger partial charge in [-0.05, 0) is 56.6 Å². The molecule has 1 atom stereocenters. The molecular weight excluding hydrogens is 418 g/mol. The Morgan fingerprint density at radius 1 is 1.27 bits per heavy atom. The molecule has 0 aliphatic carbocycles. The number of pyridine rings is 2. The first-order chi connectivity index (χ1) is 16.2. The van der Waals surface area contributed by atoms with Gasteiger partial charge in [0.1, 0.15) is 0 Å². The molecule has 0 unspecified atom stereocenters. The first-order valence-electron chi connectivity index (χ1n) is 11.5.